The number of piperidine rings is 2. The lowest BCUT2D eigenvalue weighted by atomic mass is 9.84. The van der Waals surface area contributed by atoms with E-state index in [-0.39, 0.29) is 42.3 Å². The highest BCUT2D eigenvalue weighted by Gasteiger charge is 2.39. The molecule has 3 heterocycles. The molecule has 0 aromatic rings. The molecule has 4 fully saturated rings. The van der Waals surface area contributed by atoms with E-state index in [1.54, 1.807) is 0 Å². The molecule has 31 heavy (non-hydrogen) atoms. The van der Waals surface area contributed by atoms with Crippen molar-refractivity contribution in [3.63, 3.8) is 0 Å². The monoisotopic (exact) mass is 435 g/mol. The minimum Gasteiger partial charge on any atom is -0.369 e. The third kappa shape index (κ3) is 5.76. The second-order valence-electron chi connectivity index (χ2n) is 9.97. The fourth-order valence-electron chi connectivity index (χ4n) is 5.83. The van der Waals surface area contributed by atoms with E-state index >= 15 is 0 Å². The first kappa shape index (κ1) is 22.9. The van der Waals surface area contributed by atoms with Crippen molar-refractivity contribution in [2.45, 2.75) is 82.3 Å². The molecule has 7 N–H and O–H groups in total. The predicted molar refractivity (Wildman–Crippen MR) is 119 cm³/mol. The molecule has 0 bridgehead atoms. The maximum absolute atomic E-state index is 13.0. The number of hydrogen-bond acceptors (Lipinski definition) is 7. The molecule has 176 valence electrons. The van der Waals surface area contributed by atoms with Crippen LogP contribution < -0.4 is 27.4 Å². The van der Waals surface area contributed by atoms with Crippen LogP contribution in [-0.2, 0) is 9.59 Å². The summed E-state index contributed by atoms with van der Waals surface area (Å²) in [6, 6.07) is 0.409. The Morgan fingerprint density at radius 3 is 2.52 bits per heavy atom. The van der Waals surface area contributed by atoms with Crippen LogP contribution in [-0.4, -0.2) is 78.9 Å². The highest BCUT2D eigenvalue weighted by molar-refractivity contribution is 5.79. The van der Waals surface area contributed by atoms with Gasteiger partial charge in [0.2, 0.25) is 11.8 Å². The summed E-state index contributed by atoms with van der Waals surface area (Å²) < 4.78 is 0. The van der Waals surface area contributed by atoms with Crippen LogP contribution in [0.2, 0.25) is 0 Å². The third-order valence-corrected chi connectivity index (χ3v) is 7.60. The Morgan fingerprint density at radius 1 is 0.968 bits per heavy atom. The highest BCUT2D eigenvalue weighted by atomic mass is 16.2. The van der Waals surface area contributed by atoms with Gasteiger partial charge in [0.15, 0.2) is 0 Å². The zero-order valence-electron chi connectivity index (χ0n) is 18.7. The second kappa shape index (κ2) is 10.6. The lowest BCUT2D eigenvalue weighted by Crippen LogP contribution is -2.72. The Balaban J connectivity index is 1.36. The van der Waals surface area contributed by atoms with Crippen LogP contribution in [0.15, 0.2) is 0 Å². The number of nitrogens with two attached hydrogens (primary N) is 2. The molecule has 4 aliphatic rings. The van der Waals surface area contributed by atoms with Gasteiger partial charge in [-0.2, -0.15) is 0 Å². The van der Waals surface area contributed by atoms with Gasteiger partial charge in [0.05, 0.1) is 12.1 Å². The number of nitrogens with zero attached hydrogens (tertiary/aromatic N) is 2. The van der Waals surface area contributed by atoms with Crippen molar-refractivity contribution in [1.82, 2.24) is 25.8 Å². The minimum atomic E-state index is -0.326. The number of carbonyl (C=O) groups is 2. The topological polar surface area (TPSA) is 129 Å². The summed E-state index contributed by atoms with van der Waals surface area (Å²) in [5, 5.41) is 10.7. The summed E-state index contributed by atoms with van der Waals surface area (Å²) in [6.45, 7) is 4.19. The fourth-order valence-corrected chi connectivity index (χ4v) is 5.83. The Labute approximate surface area is 186 Å². The van der Waals surface area contributed by atoms with E-state index in [1.807, 2.05) is 0 Å². The van der Waals surface area contributed by atoms with Crippen molar-refractivity contribution in [2.75, 3.05) is 32.7 Å². The number of amides is 2. The zero-order valence-corrected chi connectivity index (χ0v) is 18.7. The number of rotatable bonds is 5. The van der Waals surface area contributed by atoms with Crippen molar-refractivity contribution in [1.29, 1.82) is 0 Å². The summed E-state index contributed by atoms with van der Waals surface area (Å²) in [5.74, 6) is -0.207. The number of likely N-dealkylation sites (tertiary alicyclic amines) is 2. The first-order chi connectivity index (χ1) is 15.0. The quantitative estimate of drug-likeness (QED) is 0.393. The van der Waals surface area contributed by atoms with Crippen LogP contribution in [0.5, 0.6) is 0 Å². The van der Waals surface area contributed by atoms with E-state index in [1.165, 1.54) is 6.42 Å². The van der Waals surface area contributed by atoms with Gasteiger partial charge in [-0.05, 0) is 51.4 Å². The van der Waals surface area contributed by atoms with Gasteiger partial charge in [-0.3, -0.25) is 30.4 Å². The van der Waals surface area contributed by atoms with Crippen molar-refractivity contribution in [3.05, 3.63) is 0 Å². The molecule has 9 nitrogen and oxygen atoms in total. The molecule has 9 heteroatoms. The lowest BCUT2D eigenvalue weighted by molar-refractivity contribution is -0.138. The van der Waals surface area contributed by atoms with Crippen LogP contribution in [0.3, 0.4) is 0 Å². The zero-order chi connectivity index (χ0) is 21.8. The van der Waals surface area contributed by atoms with Gasteiger partial charge in [-0.15, -0.1) is 0 Å². The largest absolute Gasteiger partial charge is 0.369 e. The van der Waals surface area contributed by atoms with Crippen molar-refractivity contribution < 1.29 is 9.59 Å². The van der Waals surface area contributed by atoms with Crippen LogP contribution in [0.4, 0.5) is 0 Å². The Kier molecular flexibility index (Phi) is 7.81. The first-order valence-electron chi connectivity index (χ1n) is 12.3. The molecule has 1 aliphatic carbocycles. The van der Waals surface area contributed by atoms with Crippen molar-refractivity contribution >= 4 is 11.8 Å². The average Bonchev–Trinajstić information content (AvgIpc) is 2.79. The van der Waals surface area contributed by atoms with Crippen LogP contribution >= 0.6 is 0 Å². The van der Waals surface area contributed by atoms with E-state index in [0.29, 0.717) is 12.5 Å². The smallest absolute Gasteiger partial charge is 0.225 e. The minimum absolute atomic E-state index is 0.0196. The van der Waals surface area contributed by atoms with Crippen LogP contribution in [0.1, 0.15) is 57.8 Å². The van der Waals surface area contributed by atoms with E-state index in [0.717, 1.165) is 77.5 Å². The summed E-state index contributed by atoms with van der Waals surface area (Å²) in [7, 11) is 0. The summed E-state index contributed by atoms with van der Waals surface area (Å²) >= 11 is 0. The van der Waals surface area contributed by atoms with Gasteiger partial charge in [-0.1, -0.05) is 6.42 Å². The summed E-state index contributed by atoms with van der Waals surface area (Å²) in [6.07, 6.45) is 9.29. The number of nitrogens with one attached hydrogen (secondary N) is 3. The number of primary amides is 1. The van der Waals surface area contributed by atoms with Gasteiger partial charge >= 0.3 is 0 Å². The molecule has 3 saturated heterocycles. The van der Waals surface area contributed by atoms with Crippen LogP contribution in [0.25, 0.3) is 0 Å². The summed E-state index contributed by atoms with van der Waals surface area (Å²) in [4.78, 5) is 29.6. The van der Waals surface area contributed by atoms with Crippen molar-refractivity contribution in [3.8, 4) is 0 Å². The Bertz CT molecular complexity index is 627. The molecule has 0 spiro atoms. The number of hydrogen-bond donors (Lipinski definition) is 5. The van der Waals surface area contributed by atoms with Crippen molar-refractivity contribution in [2.24, 2.45) is 23.3 Å². The molecule has 3 aliphatic heterocycles. The molecule has 5 unspecified atom stereocenters. The molecule has 4 rings (SSSR count). The molecule has 1 saturated carbocycles. The Morgan fingerprint density at radius 2 is 1.77 bits per heavy atom. The van der Waals surface area contributed by atoms with E-state index < -0.39 is 0 Å². The molecular weight excluding hydrogens is 394 g/mol. The molecule has 0 aromatic carbocycles. The second-order valence-corrected chi connectivity index (χ2v) is 9.97. The maximum atomic E-state index is 13.0. The van der Waals surface area contributed by atoms with Gasteiger partial charge in [-0.25, -0.2) is 0 Å². The fraction of sp³-hybridized carbons (Fsp3) is 0.909. The number of carbonyl (C=O) groups excluding carboxylic acids is 2. The third-order valence-electron chi connectivity index (χ3n) is 7.60. The molecule has 6 atom stereocenters. The lowest BCUT2D eigenvalue weighted by Gasteiger charge is -2.46. The van der Waals surface area contributed by atoms with E-state index in [9.17, 15) is 9.59 Å². The van der Waals surface area contributed by atoms with Gasteiger partial charge in [0, 0.05) is 50.7 Å². The maximum Gasteiger partial charge on any atom is 0.225 e. The van der Waals surface area contributed by atoms with Gasteiger partial charge < -0.3 is 16.4 Å². The highest BCUT2D eigenvalue weighted by Crippen LogP contribution is 2.28. The van der Waals surface area contributed by atoms with Gasteiger partial charge in [0.1, 0.15) is 6.29 Å². The first-order valence-corrected chi connectivity index (χ1v) is 12.3. The molecule has 0 radical (unpaired) electrons. The normalized spacial score (nSPS) is 38.0. The standard InChI is InChI=1S/C22H41N7O2/c23-16-7-5-11-29(14-16)22-25-13-18(19(24)30)20(27-22)26-17-8-4-6-15(12-17)21(31)28-9-2-1-3-10-28/h15-18,20,22,25-27H,1-14,23H2,(H2,24,30)/t15?,16-,17?,18?,20?,22?/m0/s1. The van der Waals surface area contributed by atoms with Gasteiger partial charge in [0.25, 0.3) is 0 Å². The Hall–Kier alpha value is -1.26. The SMILES string of the molecule is NC(=O)C1CNC(N2CCC[C@H](N)C2)NC1NC1CCCC(C(=O)N2CCCCC2)C1. The molecule has 2 amide bonds. The van der Waals surface area contributed by atoms with E-state index in [2.05, 4.69) is 25.8 Å². The molecular formula is C22H41N7O2. The van der Waals surface area contributed by atoms with E-state index in [4.69, 9.17) is 11.5 Å². The average molecular weight is 436 g/mol. The molecule has 0 aromatic heterocycles. The summed E-state index contributed by atoms with van der Waals surface area (Å²) in [5.41, 5.74) is 11.9. The van der Waals surface area contributed by atoms with Crippen LogP contribution in [0, 0.1) is 11.8 Å². The predicted octanol–water partition coefficient (Wildman–Crippen LogP) is -0.526.